The molecule has 0 saturated heterocycles. The number of carboxylic acids is 1. The van der Waals surface area contributed by atoms with Gasteiger partial charge in [0.15, 0.2) is 12.4 Å². The molecule has 0 aromatic heterocycles. The van der Waals surface area contributed by atoms with Gasteiger partial charge in [-0.2, -0.15) is 0 Å². The molecule has 0 spiro atoms. The molecule has 0 unspecified atom stereocenters. The maximum absolute atomic E-state index is 10.9. The van der Waals surface area contributed by atoms with Crippen LogP contribution in [0.3, 0.4) is 0 Å². The number of aliphatic imine (C=N–C) groups is 1. The van der Waals surface area contributed by atoms with Gasteiger partial charge in [-0.1, -0.05) is 12.1 Å². The molecule has 1 aromatic rings. The average molecular weight is 331 g/mol. The quantitative estimate of drug-likeness (QED) is 0.377. The van der Waals surface area contributed by atoms with Gasteiger partial charge < -0.3 is 9.76 Å². The molecule has 0 aliphatic rings. The zero-order valence-corrected chi connectivity index (χ0v) is 10.9. The van der Waals surface area contributed by atoms with Crippen LogP contribution in [-0.4, -0.2) is 31.6 Å². The van der Waals surface area contributed by atoms with Crippen LogP contribution in [0.2, 0.25) is 0 Å². The summed E-state index contributed by atoms with van der Waals surface area (Å²) in [6.45, 7) is 0. The van der Waals surface area contributed by atoms with Crippen LogP contribution in [0.25, 0.3) is 0 Å². The topological polar surface area (TPSA) is 58.9 Å². The van der Waals surface area contributed by atoms with Gasteiger partial charge >= 0.3 is 14.0 Å². The summed E-state index contributed by atoms with van der Waals surface area (Å²) in [5, 5.41) is 8.96. The van der Waals surface area contributed by atoms with Gasteiger partial charge in [-0.25, -0.2) is 9.79 Å². The van der Waals surface area contributed by atoms with Crippen molar-refractivity contribution in [1.82, 2.24) is 0 Å². The molecule has 0 aliphatic carbocycles. The van der Waals surface area contributed by atoms with Crippen LogP contribution in [0.15, 0.2) is 29.3 Å². The van der Waals surface area contributed by atoms with Crippen LogP contribution in [-0.2, 0) is 15.9 Å². The van der Waals surface area contributed by atoms with E-state index in [1.165, 1.54) is 8.05 Å². The summed E-state index contributed by atoms with van der Waals surface area (Å²) in [4.78, 5) is 14.7. The monoisotopic (exact) mass is 331 g/mol. The van der Waals surface area contributed by atoms with E-state index >= 15 is 0 Å². The Hall–Kier alpha value is -1.05. The maximum Gasteiger partial charge on any atom is 0.328 e. The highest BCUT2D eigenvalue weighted by Gasteiger charge is 2.16. The SMILES string of the molecule is BOC=N[C@@H](Cc1cccc(I)c1)C(=O)O. The maximum atomic E-state index is 10.9. The normalized spacial score (nSPS) is 12.6. The predicted molar refractivity (Wildman–Crippen MR) is 72.4 cm³/mol. The molecule has 0 bridgehead atoms. The molecular weight excluding hydrogens is 320 g/mol. The van der Waals surface area contributed by atoms with E-state index in [-0.39, 0.29) is 0 Å². The van der Waals surface area contributed by atoms with E-state index in [1.807, 2.05) is 24.3 Å². The lowest BCUT2D eigenvalue weighted by Crippen LogP contribution is -2.21. The zero-order chi connectivity index (χ0) is 12.0. The Morgan fingerprint density at radius 2 is 2.44 bits per heavy atom. The van der Waals surface area contributed by atoms with E-state index < -0.39 is 12.0 Å². The molecule has 1 rings (SSSR count). The molecular formula is C10H11BINO3. The van der Waals surface area contributed by atoms with Crippen LogP contribution in [0.4, 0.5) is 0 Å². The Kier molecular flexibility index (Phi) is 5.31. The van der Waals surface area contributed by atoms with Crippen molar-refractivity contribution in [3.8, 4) is 0 Å². The van der Waals surface area contributed by atoms with Crippen molar-refractivity contribution in [1.29, 1.82) is 0 Å². The van der Waals surface area contributed by atoms with Gasteiger partial charge in [-0.05, 0) is 40.3 Å². The highest BCUT2D eigenvalue weighted by atomic mass is 127. The second kappa shape index (κ2) is 6.52. The number of carbonyl (C=O) groups is 1. The molecule has 4 nitrogen and oxygen atoms in total. The van der Waals surface area contributed by atoms with Crippen LogP contribution in [0.5, 0.6) is 0 Å². The van der Waals surface area contributed by atoms with E-state index in [0.717, 1.165) is 15.5 Å². The third-order valence-electron chi connectivity index (χ3n) is 1.95. The molecule has 0 fully saturated rings. The molecule has 0 radical (unpaired) electrons. The van der Waals surface area contributed by atoms with Crippen LogP contribution in [0, 0.1) is 3.57 Å². The van der Waals surface area contributed by atoms with Crippen molar-refractivity contribution < 1.29 is 14.6 Å². The largest absolute Gasteiger partial charge is 0.560 e. The number of aliphatic carboxylic acids is 1. The fourth-order valence-corrected chi connectivity index (χ4v) is 1.83. The minimum atomic E-state index is -0.952. The number of halogens is 1. The summed E-state index contributed by atoms with van der Waals surface area (Å²) in [5.41, 5.74) is 0.951. The standard InChI is InChI=1S/C10H11BINO3/c11-16-6-13-9(10(14)15)5-7-2-1-3-8(12)4-7/h1-4,6,9H,5,11H2,(H,14,15)/t9-/m0/s1. The van der Waals surface area contributed by atoms with Crippen molar-refractivity contribution in [2.45, 2.75) is 12.5 Å². The lowest BCUT2D eigenvalue weighted by molar-refractivity contribution is -0.138. The Labute approximate surface area is 108 Å². The van der Waals surface area contributed by atoms with Gasteiger partial charge in [0.25, 0.3) is 0 Å². The molecule has 0 aliphatic heterocycles. The Balaban J connectivity index is 2.75. The Morgan fingerprint density at radius 1 is 1.69 bits per heavy atom. The van der Waals surface area contributed by atoms with E-state index in [0.29, 0.717) is 6.42 Å². The number of hydrogen-bond donors (Lipinski definition) is 1. The summed E-state index contributed by atoms with van der Waals surface area (Å²) in [6, 6.07) is 6.89. The van der Waals surface area contributed by atoms with Crippen LogP contribution in [0.1, 0.15) is 5.56 Å². The first kappa shape index (κ1) is 13.0. The Morgan fingerprint density at radius 3 is 3.00 bits per heavy atom. The number of rotatable bonds is 5. The van der Waals surface area contributed by atoms with Crippen molar-refractivity contribution >= 4 is 43.0 Å². The van der Waals surface area contributed by atoms with Gasteiger partial charge in [0.1, 0.15) is 0 Å². The summed E-state index contributed by atoms with van der Waals surface area (Å²) >= 11 is 2.19. The molecule has 0 heterocycles. The third-order valence-corrected chi connectivity index (χ3v) is 2.62. The predicted octanol–water partition coefficient (Wildman–Crippen LogP) is 0.880. The van der Waals surface area contributed by atoms with E-state index in [9.17, 15) is 4.79 Å². The molecule has 1 N–H and O–H groups in total. The van der Waals surface area contributed by atoms with Crippen molar-refractivity contribution in [3.63, 3.8) is 0 Å². The first-order chi connectivity index (χ1) is 7.63. The summed E-state index contributed by atoms with van der Waals surface area (Å²) in [5.74, 6) is -0.952. The summed E-state index contributed by atoms with van der Waals surface area (Å²) < 4.78 is 5.71. The smallest absolute Gasteiger partial charge is 0.328 e. The molecule has 16 heavy (non-hydrogen) atoms. The molecule has 0 amide bonds. The average Bonchev–Trinajstić information content (AvgIpc) is 2.24. The lowest BCUT2D eigenvalue weighted by Gasteiger charge is -2.07. The molecule has 84 valence electrons. The molecule has 1 aromatic carbocycles. The molecule has 6 heteroatoms. The highest BCUT2D eigenvalue weighted by Crippen LogP contribution is 2.11. The van der Waals surface area contributed by atoms with E-state index in [2.05, 4.69) is 32.2 Å². The van der Waals surface area contributed by atoms with Crippen LogP contribution >= 0.6 is 22.6 Å². The minimum Gasteiger partial charge on any atom is -0.560 e. The van der Waals surface area contributed by atoms with Crippen LogP contribution < -0.4 is 0 Å². The lowest BCUT2D eigenvalue weighted by atomic mass is 10.1. The fraction of sp³-hybridized carbons (Fsp3) is 0.200. The number of benzene rings is 1. The first-order valence-corrected chi connectivity index (χ1v) is 5.73. The van der Waals surface area contributed by atoms with Gasteiger partial charge in [-0.15, -0.1) is 0 Å². The van der Waals surface area contributed by atoms with Gasteiger partial charge in [-0.3, -0.25) is 0 Å². The summed E-state index contributed by atoms with van der Waals surface area (Å²) in [6.07, 6.45) is 1.53. The minimum absolute atomic E-state index is 0.367. The van der Waals surface area contributed by atoms with Crippen molar-refractivity contribution in [3.05, 3.63) is 33.4 Å². The first-order valence-electron chi connectivity index (χ1n) is 4.65. The van der Waals surface area contributed by atoms with Crippen molar-refractivity contribution in [2.24, 2.45) is 4.99 Å². The molecule has 1 atom stereocenters. The number of hydrogen-bond acceptors (Lipinski definition) is 3. The Bertz CT molecular complexity index is 397. The fourth-order valence-electron chi connectivity index (χ4n) is 1.23. The number of carboxylic acid groups (broad SMARTS) is 1. The van der Waals surface area contributed by atoms with Gasteiger partial charge in [0.05, 0.1) is 0 Å². The van der Waals surface area contributed by atoms with E-state index in [1.54, 1.807) is 0 Å². The van der Waals surface area contributed by atoms with E-state index in [4.69, 9.17) is 5.11 Å². The number of nitrogens with zero attached hydrogens (tertiary/aromatic N) is 1. The third kappa shape index (κ3) is 4.22. The summed E-state index contributed by atoms with van der Waals surface area (Å²) in [7, 11) is 1.44. The second-order valence-corrected chi connectivity index (χ2v) is 4.42. The van der Waals surface area contributed by atoms with Crippen molar-refractivity contribution in [2.75, 3.05) is 0 Å². The second-order valence-electron chi connectivity index (χ2n) is 3.18. The van der Waals surface area contributed by atoms with Gasteiger partial charge in [0, 0.05) is 9.99 Å². The zero-order valence-electron chi connectivity index (χ0n) is 8.76. The van der Waals surface area contributed by atoms with Gasteiger partial charge in [0.2, 0.25) is 0 Å². The highest BCUT2D eigenvalue weighted by molar-refractivity contribution is 14.1. The molecule has 0 saturated carbocycles.